The summed E-state index contributed by atoms with van der Waals surface area (Å²) in [5, 5.41) is 13.1. The van der Waals surface area contributed by atoms with Crippen molar-refractivity contribution >= 4 is 29.3 Å². The maximum atomic E-state index is 11.8. The zero-order valence-corrected chi connectivity index (χ0v) is 11.6. The van der Waals surface area contributed by atoms with E-state index >= 15 is 0 Å². The van der Waals surface area contributed by atoms with E-state index in [0.29, 0.717) is 12.3 Å². The van der Waals surface area contributed by atoms with Crippen LogP contribution in [0.2, 0.25) is 0 Å². The molecular weight excluding hydrogens is 278 g/mol. The lowest BCUT2D eigenvalue weighted by molar-refractivity contribution is -0.131. The SMILES string of the molecule is Cc1ccc(C(=O)NCc2cc(C=CC(=O)O)cs2)o1. The lowest BCUT2D eigenvalue weighted by Crippen LogP contribution is -2.21. The third kappa shape index (κ3) is 3.83. The smallest absolute Gasteiger partial charge is 0.328 e. The second-order valence-corrected chi connectivity index (χ2v) is 5.11. The Kier molecular flexibility index (Phi) is 4.37. The van der Waals surface area contributed by atoms with Gasteiger partial charge >= 0.3 is 5.97 Å². The van der Waals surface area contributed by atoms with E-state index in [1.807, 2.05) is 11.4 Å². The average molecular weight is 291 g/mol. The molecule has 0 saturated carbocycles. The van der Waals surface area contributed by atoms with Gasteiger partial charge < -0.3 is 14.8 Å². The van der Waals surface area contributed by atoms with Gasteiger partial charge in [-0.3, -0.25) is 4.79 Å². The maximum Gasteiger partial charge on any atom is 0.328 e. The Labute approximate surface area is 119 Å². The van der Waals surface area contributed by atoms with Crippen LogP contribution < -0.4 is 5.32 Å². The number of nitrogens with one attached hydrogen (secondary N) is 1. The molecular formula is C14H13NO4S. The molecule has 2 N–H and O–H groups in total. The predicted molar refractivity (Wildman–Crippen MR) is 75.6 cm³/mol. The fourth-order valence-corrected chi connectivity index (χ4v) is 2.35. The summed E-state index contributed by atoms with van der Waals surface area (Å²) in [6.07, 6.45) is 2.59. The standard InChI is InChI=1S/C14H13NO4S/c1-9-2-4-12(19-9)14(18)15-7-11-6-10(8-20-11)3-5-13(16)17/h2-6,8H,7H2,1H3,(H,15,18)(H,16,17). The molecule has 0 spiro atoms. The zero-order valence-electron chi connectivity index (χ0n) is 10.8. The van der Waals surface area contributed by atoms with Gasteiger partial charge in [-0.2, -0.15) is 0 Å². The van der Waals surface area contributed by atoms with Gasteiger partial charge in [0.2, 0.25) is 0 Å². The molecule has 0 unspecified atom stereocenters. The van der Waals surface area contributed by atoms with Crippen molar-refractivity contribution in [3.63, 3.8) is 0 Å². The molecule has 2 heterocycles. The van der Waals surface area contributed by atoms with Crippen molar-refractivity contribution < 1.29 is 19.1 Å². The molecule has 1 amide bonds. The van der Waals surface area contributed by atoms with Crippen LogP contribution in [0.15, 0.2) is 34.1 Å². The summed E-state index contributed by atoms with van der Waals surface area (Å²) < 4.78 is 5.22. The van der Waals surface area contributed by atoms with Crippen LogP contribution in [-0.2, 0) is 11.3 Å². The number of rotatable bonds is 5. The summed E-state index contributed by atoms with van der Waals surface area (Å²) in [6.45, 7) is 2.15. The number of aryl methyl sites for hydroxylation is 1. The highest BCUT2D eigenvalue weighted by Crippen LogP contribution is 2.16. The second-order valence-electron chi connectivity index (χ2n) is 4.11. The molecule has 0 aromatic carbocycles. The molecule has 0 fully saturated rings. The number of hydrogen-bond acceptors (Lipinski definition) is 4. The van der Waals surface area contributed by atoms with E-state index in [9.17, 15) is 9.59 Å². The number of carbonyl (C=O) groups excluding carboxylic acids is 1. The van der Waals surface area contributed by atoms with Crippen molar-refractivity contribution in [2.75, 3.05) is 0 Å². The first-order chi connectivity index (χ1) is 9.54. The van der Waals surface area contributed by atoms with Crippen molar-refractivity contribution in [1.29, 1.82) is 0 Å². The van der Waals surface area contributed by atoms with Gasteiger partial charge in [-0.15, -0.1) is 11.3 Å². The largest absolute Gasteiger partial charge is 0.478 e. The van der Waals surface area contributed by atoms with E-state index in [-0.39, 0.29) is 11.7 Å². The molecule has 0 radical (unpaired) electrons. The third-order valence-corrected chi connectivity index (χ3v) is 3.43. The summed E-state index contributed by atoms with van der Waals surface area (Å²) in [6, 6.07) is 5.19. The lowest BCUT2D eigenvalue weighted by Gasteiger charge is -2.00. The Morgan fingerprint density at radius 3 is 2.90 bits per heavy atom. The Morgan fingerprint density at radius 1 is 1.45 bits per heavy atom. The molecule has 20 heavy (non-hydrogen) atoms. The molecule has 0 bridgehead atoms. The summed E-state index contributed by atoms with van der Waals surface area (Å²) in [5.74, 6) is -0.286. The summed E-state index contributed by atoms with van der Waals surface area (Å²) in [5.41, 5.74) is 0.801. The second kappa shape index (κ2) is 6.21. The first-order valence-corrected chi connectivity index (χ1v) is 6.75. The fraction of sp³-hybridized carbons (Fsp3) is 0.143. The van der Waals surface area contributed by atoms with Crippen molar-refractivity contribution in [2.45, 2.75) is 13.5 Å². The van der Waals surface area contributed by atoms with E-state index in [1.54, 1.807) is 19.1 Å². The van der Waals surface area contributed by atoms with Gasteiger partial charge in [-0.1, -0.05) is 0 Å². The quantitative estimate of drug-likeness (QED) is 0.830. The molecule has 5 nitrogen and oxygen atoms in total. The van der Waals surface area contributed by atoms with Gasteiger partial charge in [0.05, 0.1) is 6.54 Å². The van der Waals surface area contributed by atoms with E-state index < -0.39 is 5.97 Å². The molecule has 0 aliphatic rings. The van der Waals surface area contributed by atoms with E-state index in [4.69, 9.17) is 9.52 Å². The Morgan fingerprint density at radius 2 is 2.25 bits per heavy atom. The third-order valence-electron chi connectivity index (χ3n) is 2.48. The molecule has 0 aliphatic heterocycles. The lowest BCUT2D eigenvalue weighted by atomic mass is 10.3. The number of carboxylic acid groups (broad SMARTS) is 1. The van der Waals surface area contributed by atoms with Crippen molar-refractivity contribution in [2.24, 2.45) is 0 Å². The molecule has 2 aromatic heterocycles. The van der Waals surface area contributed by atoms with Crippen LogP contribution in [0.3, 0.4) is 0 Å². The van der Waals surface area contributed by atoms with Crippen LogP contribution in [-0.4, -0.2) is 17.0 Å². The van der Waals surface area contributed by atoms with Crippen LogP contribution in [0, 0.1) is 6.92 Å². The van der Waals surface area contributed by atoms with Crippen molar-refractivity contribution in [1.82, 2.24) is 5.32 Å². The summed E-state index contributed by atoms with van der Waals surface area (Å²) in [7, 11) is 0. The van der Waals surface area contributed by atoms with Crippen molar-refractivity contribution in [3.05, 3.63) is 51.6 Å². The van der Waals surface area contributed by atoms with Crippen molar-refractivity contribution in [3.8, 4) is 0 Å². The Bertz CT molecular complexity index is 654. The van der Waals surface area contributed by atoms with Crippen LogP contribution in [0.4, 0.5) is 0 Å². The maximum absolute atomic E-state index is 11.8. The van der Waals surface area contributed by atoms with Gasteiger partial charge in [-0.25, -0.2) is 4.79 Å². The Balaban J connectivity index is 1.91. The molecule has 0 saturated heterocycles. The molecule has 0 atom stereocenters. The normalized spacial score (nSPS) is 10.8. The van der Waals surface area contributed by atoms with Crippen LogP contribution in [0.5, 0.6) is 0 Å². The summed E-state index contributed by atoms with van der Waals surface area (Å²) in [4.78, 5) is 23.1. The number of carbonyl (C=O) groups is 2. The number of furan rings is 1. The van der Waals surface area contributed by atoms with Crippen LogP contribution in [0.1, 0.15) is 26.8 Å². The molecule has 104 valence electrons. The number of carboxylic acids is 1. The minimum Gasteiger partial charge on any atom is -0.478 e. The van der Waals surface area contributed by atoms with Crippen LogP contribution in [0.25, 0.3) is 6.08 Å². The topological polar surface area (TPSA) is 79.5 Å². The van der Waals surface area contributed by atoms with E-state index in [1.165, 1.54) is 17.4 Å². The first kappa shape index (κ1) is 14.1. The van der Waals surface area contributed by atoms with Gasteiger partial charge in [0.25, 0.3) is 5.91 Å². The fourth-order valence-electron chi connectivity index (χ4n) is 1.56. The number of aliphatic carboxylic acids is 1. The minimum absolute atomic E-state index is 0.269. The van der Waals surface area contributed by atoms with Gasteiger partial charge in [-0.05, 0) is 42.1 Å². The zero-order chi connectivity index (χ0) is 14.5. The van der Waals surface area contributed by atoms with Gasteiger partial charge in [0.15, 0.2) is 5.76 Å². The Hall–Kier alpha value is -2.34. The number of amides is 1. The minimum atomic E-state index is -0.987. The predicted octanol–water partition coefficient (Wildman–Crippen LogP) is 2.68. The van der Waals surface area contributed by atoms with Crippen LogP contribution >= 0.6 is 11.3 Å². The molecule has 0 aliphatic carbocycles. The first-order valence-electron chi connectivity index (χ1n) is 5.87. The van der Waals surface area contributed by atoms with E-state index in [0.717, 1.165) is 16.5 Å². The highest BCUT2D eigenvalue weighted by Gasteiger charge is 2.09. The highest BCUT2D eigenvalue weighted by atomic mass is 32.1. The highest BCUT2D eigenvalue weighted by molar-refractivity contribution is 7.10. The number of hydrogen-bond donors (Lipinski definition) is 2. The monoisotopic (exact) mass is 291 g/mol. The van der Waals surface area contributed by atoms with Gasteiger partial charge in [0, 0.05) is 11.0 Å². The van der Waals surface area contributed by atoms with Gasteiger partial charge in [0.1, 0.15) is 5.76 Å². The summed E-state index contributed by atoms with van der Waals surface area (Å²) >= 11 is 1.45. The molecule has 6 heteroatoms. The number of thiophene rings is 1. The molecule has 2 aromatic rings. The van der Waals surface area contributed by atoms with E-state index in [2.05, 4.69) is 5.32 Å². The molecule has 2 rings (SSSR count). The average Bonchev–Trinajstić information content (AvgIpc) is 3.02.